The summed E-state index contributed by atoms with van der Waals surface area (Å²) in [5, 5.41) is 12.8. The normalized spacial score (nSPS) is 16.3. The average Bonchev–Trinajstić information content (AvgIpc) is 3.07. The molecular formula is C16H26N6O. The Balaban J connectivity index is 1.62. The van der Waals surface area contributed by atoms with Gasteiger partial charge >= 0.3 is 0 Å². The van der Waals surface area contributed by atoms with Gasteiger partial charge in [-0.2, -0.15) is 9.61 Å². The van der Waals surface area contributed by atoms with E-state index in [1.54, 1.807) is 18.0 Å². The highest BCUT2D eigenvalue weighted by molar-refractivity contribution is 5.68. The summed E-state index contributed by atoms with van der Waals surface area (Å²) in [5.41, 5.74) is 3.10. The van der Waals surface area contributed by atoms with Crippen molar-refractivity contribution in [3.05, 3.63) is 18.1 Å². The number of nitrogens with zero attached hydrogens (tertiary/aromatic N) is 6. The molecule has 126 valence electrons. The molecule has 0 amide bonds. The van der Waals surface area contributed by atoms with Crippen LogP contribution in [0.25, 0.3) is 5.65 Å². The molecule has 0 atom stereocenters. The SMILES string of the molecule is CCc1cc(N2CCN(CCCCOC)CC2)c2nncn2n1. The Morgan fingerprint density at radius 1 is 1.17 bits per heavy atom. The lowest BCUT2D eigenvalue weighted by molar-refractivity contribution is 0.182. The highest BCUT2D eigenvalue weighted by Crippen LogP contribution is 2.22. The van der Waals surface area contributed by atoms with Gasteiger partial charge in [0.25, 0.3) is 0 Å². The van der Waals surface area contributed by atoms with Gasteiger partial charge in [-0.15, -0.1) is 10.2 Å². The molecule has 2 aromatic rings. The van der Waals surface area contributed by atoms with Crippen molar-refractivity contribution in [3.8, 4) is 0 Å². The first-order valence-electron chi connectivity index (χ1n) is 8.48. The first-order chi connectivity index (χ1) is 11.3. The minimum atomic E-state index is 0.857. The molecule has 1 saturated heterocycles. The topological polar surface area (TPSA) is 58.8 Å². The minimum Gasteiger partial charge on any atom is -0.385 e. The van der Waals surface area contributed by atoms with Gasteiger partial charge in [0, 0.05) is 39.9 Å². The molecule has 3 heterocycles. The lowest BCUT2D eigenvalue weighted by atomic mass is 10.2. The van der Waals surface area contributed by atoms with Crippen molar-refractivity contribution >= 4 is 11.3 Å². The van der Waals surface area contributed by atoms with Crippen LogP contribution in [0.3, 0.4) is 0 Å². The predicted octanol–water partition coefficient (Wildman–Crippen LogP) is 1.24. The average molecular weight is 318 g/mol. The number of hydrogen-bond acceptors (Lipinski definition) is 6. The molecule has 0 aromatic carbocycles. The zero-order chi connectivity index (χ0) is 16.1. The Bertz CT molecular complexity index is 620. The maximum absolute atomic E-state index is 5.11. The molecule has 0 bridgehead atoms. The monoisotopic (exact) mass is 318 g/mol. The van der Waals surface area contributed by atoms with Crippen LogP contribution >= 0.6 is 0 Å². The Morgan fingerprint density at radius 3 is 2.74 bits per heavy atom. The van der Waals surface area contributed by atoms with E-state index < -0.39 is 0 Å². The Kier molecular flexibility index (Phi) is 5.40. The number of piperazine rings is 1. The maximum atomic E-state index is 5.11. The van der Waals surface area contributed by atoms with E-state index in [-0.39, 0.29) is 0 Å². The Hall–Kier alpha value is -1.73. The van der Waals surface area contributed by atoms with Gasteiger partial charge < -0.3 is 9.64 Å². The molecule has 0 spiro atoms. The van der Waals surface area contributed by atoms with Crippen LogP contribution in [0, 0.1) is 0 Å². The van der Waals surface area contributed by atoms with Gasteiger partial charge in [-0.05, 0) is 31.9 Å². The van der Waals surface area contributed by atoms with Gasteiger partial charge in [0.05, 0.1) is 11.4 Å². The molecule has 0 N–H and O–H groups in total. The minimum absolute atomic E-state index is 0.857. The molecule has 7 nitrogen and oxygen atoms in total. The third-order valence-electron chi connectivity index (χ3n) is 4.45. The lowest BCUT2D eigenvalue weighted by Gasteiger charge is -2.36. The smallest absolute Gasteiger partial charge is 0.200 e. The van der Waals surface area contributed by atoms with Crippen molar-refractivity contribution in [2.75, 3.05) is 51.3 Å². The van der Waals surface area contributed by atoms with Crippen molar-refractivity contribution in [1.82, 2.24) is 24.7 Å². The summed E-state index contributed by atoms with van der Waals surface area (Å²) in [6, 6.07) is 2.16. The van der Waals surface area contributed by atoms with Crippen LogP contribution in [0.15, 0.2) is 12.4 Å². The van der Waals surface area contributed by atoms with Crippen molar-refractivity contribution in [1.29, 1.82) is 0 Å². The molecular weight excluding hydrogens is 292 g/mol. The van der Waals surface area contributed by atoms with Gasteiger partial charge in [-0.1, -0.05) is 6.92 Å². The zero-order valence-electron chi connectivity index (χ0n) is 14.1. The fourth-order valence-corrected chi connectivity index (χ4v) is 3.06. The first kappa shape index (κ1) is 16.1. The third-order valence-corrected chi connectivity index (χ3v) is 4.45. The van der Waals surface area contributed by atoms with Crippen LogP contribution in [-0.4, -0.2) is 71.2 Å². The molecule has 1 aliphatic heterocycles. The van der Waals surface area contributed by atoms with Crippen LogP contribution < -0.4 is 4.90 Å². The second kappa shape index (κ2) is 7.70. The molecule has 23 heavy (non-hydrogen) atoms. The fraction of sp³-hybridized carbons (Fsp3) is 0.688. The number of hydrogen-bond donors (Lipinski definition) is 0. The van der Waals surface area contributed by atoms with E-state index >= 15 is 0 Å². The molecule has 2 aromatic heterocycles. The van der Waals surface area contributed by atoms with Crippen molar-refractivity contribution < 1.29 is 4.74 Å². The molecule has 3 rings (SSSR count). The summed E-state index contributed by atoms with van der Waals surface area (Å²) in [5.74, 6) is 0. The van der Waals surface area contributed by atoms with Gasteiger partial charge in [-0.25, -0.2) is 0 Å². The summed E-state index contributed by atoms with van der Waals surface area (Å²) in [4.78, 5) is 4.95. The van der Waals surface area contributed by atoms with E-state index in [0.29, 0.717) is 0 Å². The molecule has 1 fully saturated rings. The van der Waals surface area contributed by atoms with Crippen LogP contribution in [0.1, 0.15) is 25.5 Å². The van der Waals surface area contributed by atoms with Gasteiger partial charge in [0.15, 0.2) is 0 Å². The van der Waals surface area contributed by atoms with E-state index in [0.717, 1.165) is 69.2 Å². The van der Waals surface area contributed by atoms with Crippen LogP contribution in [-0.2, 0) is 11.2 Å². The van der Waals surface area contributed by atoms with Crippen LogP contribution in [0.4, 0.5) is 5.69 Å². The van der Waals surface area contributed by atoms with E-state index in [1.807, 2.05) is 0 Å². The summed E-state index contributed by atoms with van der Waals surface area (Å²) >= 11 is 0. The summed E-state index contributed by atoms with van der Waals surface area (Å²) in [6.07, 6.45) is 4.95. The number of fused-ring (bicyclic) bond motifs is 1. The number of rotatable bonds is 7. The second-order valence-corrected chi connectivity index (χ2v) is 6.00. The van der Waals surface area contributed by atoms with Crippen molar-refractivity contribution in [2.24, 2.45) is 0 Å². The number of methoxy groups -OCH3 is 1. The van der Waals surface area contributed by atoms with E-state index in [9.17, 15) is 0 Å². The van der Waals surface area contributed by atoms with Crippen molar-refractivity contribution in [3.63, 3.8) is 0 Å². The largest absolute Gasteiger partial charge is 0.385 e. The quantitative estimate of drug-likeness (QED) is 0.716. The number of aromatic nitrogens is 4. The van der Waals surface area contributed by atoms with Crippen LogP contribution in [0.2, 0.25) is 0 Å². The van der Waals surface area contributed by atoms with Crippen molar-refractivity contribution in [2.45, 2.75) is 26.2 Å². The molecule has 0 saturated carbocycles. The number of unbranched alkanes of at least 4 members (excludes halogenated alkanes) is 1. The lowest BCUT2D eigenvalue weighted by Crippen LogP contribution is -2.46. The molecule has 0 radical (unpaired) electrons. The first-order valence-corrected chi connectivity index (χ1v) is 8.48. The van der Waals surface area contributed by atoms with E-state index in [4.69, 9.17) is 4.74 Å². The zero-order valence-corrected chi connectivity index (χ0v) is 14.1. The van der Waals surface area contributed by atoms with Gasteiger partial charge in [0.1, 0.15) is 6.33 Å². The van der Waals surface area contributed by atoms with E-state index in [1.165, 1.54) is 6.42 Å². The van der Waals surface area contributed by atoms with Gasteiger partial charge in [-0.3, -0.25) is 4.90 Å². The highest BCUT2D eigenvalue weighted by atomic mass is 16.5. The fourth-order valence-electron chi connectivity index (χ4n) is 3.06. The maximum Gasteiger partial charge on any atom is 0.200 e. The van der Waals surface area contributed by atoms with Gasteiger partial charge in [0.2, 0.25) is 5.65 Å². The van der Waals surface area contributed by atoms with Crippen LogP contribution in [0.5, 0.6) is 0 Å². The molecule has 0 unspecified atom stereocenters. The molecule has 1 aliphatic rings. The standard InChI is InChI=1S/C16H26N6O/c1-3-14-12-15(16-18-17-13-22(16)19-14)21-9-7-20(8-10-21)6-4-5-11-23-2/h12-13H,3-11H2,1-2H3. The second-order valence-electron chi connectivity index (χ2n) is 6.00. The number of aryl methyl sites for hydroxylation is 1. The summed E-state index contributed by atoms with van der Waals surface area (Å²) in [6.45, 7) is 8.39. The number of ether oxygens (including phenoxy) is 1. The predicted molar refractivity (Wildman–Crippen MR) is 89.9 cm³/mol. The third kappa shape index (κ3) is 3.79. The summed E-state index contributed by atoms with van der Waals surface area (Å²) < 4.78 is 6.91. The Labute approximate surface area is 137 Å². The molecule has 7 heteroatoms. The summed E-state index contributed by atoms with van der Waals surface area (Å²) in [7, 11) is 1.77. The van der Waals surface area contributed by atoms with E-state index in [2.05, 4.69) is 38.1 Å². The Morgan fingerprint density at radius 2 is 2.00 bits per heavy atom. The number of anilines is 1. The molecule has 0 aliphatic carbocycles. The highest BCUT2D eigenvalue weighted by Gasteiger charge is 2.20.